The lowest BCUT2D eigenvalue weighted by molar-refractivity contribution is 0.355. The summed E-state index contributed by atoms with van der Waals surface area (Å²) >= 11 is 0. The Hall–Kier alpha value is -1.32. The molecule has 0 spiro atoms. The third-order valence-electron chi connectivity index (χ3n) is 1.34. The second-order valence-corrected chi connectivity index (χ2v) is 1.96. The molecule has 1 rings (SSSR count). The topological polar surface area (TPSA) is 65.6 Å². The summed E-state index contributed by atoms with van der Waals surface area (Å²) in [4.78, 5) is 0. The standard InChI is InChI=1S/C6H9NO3/c1-2-7-5(9)3-4(8)6(7)10/h3,8-10H,2H2,1H3. The average molecular weight is 143 g/mol. The van der Waals surface area contributed by atoms with E-state index in [0.29, 0.717) is 6.54 Å². The molecule has 0 aliphatic carbocycles. The molecule has 0 fully saturated rings. The van der Waals surface area contributed by atoms with E-state index in [-0.39, 0.29) is 17.5 Å². The number of hydrogen-bond donors (Lipinski definition) is 3. The fourth-order valence-corrected chi connectivity index (χ4v) is 0.823. The number of hydrogen-bond acceptors (Lipinski definition) is 3. The first kappa shape index (κ1) is 6.80. The van der Waals surface area contributed by atoms with Gasteiger partial charge in [0.15, 0.2) is 11.6 Å². The van der Waals surface area contributed by atoms with Gasteiger partial charge in [0.05, 0.1) is 0 Å². The lowest BCUT2D eigenvalue weighted by Crippen LogP contribution is -1.90. The summed E-state index contributed by atoms with van der Waals surface area (Å²) in [5.74, 6) is -0.711. The Morgan fingerprint density at radius 2 is 2.00 bits per heavy atom. The summed E-state index contributed by atoms with van der Waals surface area (Å²) in [6, 6.07) is 1.10. The van der Waals surface area contributed by atoms with E-state index < -0.39 is 0 Å². The Kier molecular flexibility index (Phi) is 1.45. The minimum atomic E-state index is -0.292. The molecule has 3 N–H and O–H groups in total. The Bertz CT molecular complexity index is 241. The van der Waals surface area contributed by atoms with E-state index in [1.807, 2.05) is 0 Å². The smallest absolute Gasteiger partial charge is 0.237 e. The first-order valence-electron chi connectivity index (χ1n) is 2.97. The van der Waals surface area contributed by atoms with Crippen molar-refractivity contribution in [3.8, 4) is 17.5 Å². The Labute approximate surface area is 58.0 Å². The number of nitrogens with zero attached hydrogens (tertiary/aromatic N) is 1. The Morgan fingerprint density at radius 1 is 1.40 bits per heavy atom. The van der Waals surface area contributed by atoms with Crippen molar-refractivity contribution in [2.75, 3.05) is 0 Å². The zero-order valence-corrected chi connectivity index (χ0v) is 5.57. The van der Waals surface area contributed by atoms with Gasteiger partial charge < -0.3 is 15.3 Å². The molecule has 1 heterocycles. The van der Waals surface area contributed by atoms with Crippen LogP contribution in [-0.4, -0.2) is 19.9 Å². The molecular formula is C6H9NO3. The zero-order valence-electron chi connectivity index (χ0n) is 5.57. The van der Waals surface area contributed by atoms with Gasteiger partial charge >= 0.3 is 0 Å². The molecule has 0 bridgehead atoms. The summed E-state index contributed by atoms with van der Waals surface area (Å²) in [5, 5.41) is 26.7. The van der Waals surface area contributed by atoms with E-state index in [0.717, 1.165) is 6.07 Å². The van der Waals surface area contributed by atoms with Gasteiger partial charge in [-0.1, -0.05) is 0 Å². The van der Waals surface area contributed by atoms with Crippen molar-refractivity contribution >= 4 is 0 Å². The zero-order chi connectivity index (χ0) is 7.72. The van der Waals surface area contributed by atoms with Crippen molar-refractivity contribution in [3.63, 3.8) is 0 Å². The van der Waals surface area contributed by atoms with Crippen LogP contribution in [0.5, 0.6) is 17.5 Å². The Morgan fingerprint density at radius 3 is 2.20 bits per heavy atom. The molecule has 4 heteroatoms. The number of aromatic nitrogens is 1. The van der Waals surface area contributed by atoms with Gasteiger partial charge in [0, 0.05) is 12.6 Å². The molecule has 56 valence electrons. The lowest BCUT2D eigenvalue weighted by atomic mass is 10.6. The van der Waals surface area contributed by atoms with Gasteiger partial charge in [-0.15, -0.1) is 0 Å². The van der Waals surface area contributed by atoms with Gasteiger partial charge in [0.2, 0.25) is 5.88 Å². The predicted molar refractivity (Wildman–Crippen MR) is 35.1 cm³/mol. The summed E-state index contributed by atoms with van der Waals surface area (Å²) in [6.45, 7) is 2.18. The molecule has 0 atom stereocenters. The van der Waals surface area contributed by atoms with E-state index >= 15 is 0 Å². The fraction of sp³-hybridized carbons (Fsp3) is 0.333. The SMILES string of the molecule is CCn1c(O)cc(O)c1O. The largest absolute Gasteiger partial charge is 0.503 e. The number of rotatable bonds is 1. The van der Waals surface area contributed by atoms with Gasteiger partial charge in [0.25, 0.3) is 0 Å². The summed E-state index contributed by atoms with van der Waals surface area (Å²) in [5.41, 5.74) is 0. The minimum Gasteiger partial charge on any atom is -0.503 e. The molecule has 0 saturated heterocycles. The van der Waals surface area contributed by atoms with Crippen LogP contribution in [0.4, 0.5) is 0 Å². The van der Waals surface area contributed by atoms with Gasteiger partial charge in [-0.3, -0.25) is 4.57 Å². The predicted octanol–water partition coefficient (Wildman–Crippen LogP) is 0.625. The second kappa shape index (κ2) is 2.13. The van der Waals surface area contributed by atoms with E-state index in [9.17, 15) is 0 Å². The third kappa shape index (κ3) is 0.775. The van der Waals surface area contributed by atoms with Crippen molar-refractivity contribution in [2.45, 2.75) is 13.5 Å². The molecule has 0 aliphatic heterocycles. The highest BCUT2D eigenvalue weighted by molar-refractivity contribution is 5.39. The number of aromatic hydroxyl groups is 3. The summed E-state index contributed by atoms with van der Waals surface area (Å²) < 4.78 is 1.19. The molecule has 0 saturated carbocycles. The maximum absolute atomic E-state index is 8.97. The van der Waals surface area contributed by atoms with Gasteiger partial charge in [-0.2, -0.15) is 0 Å². The van der Waals surface area contributed by atoms with E-state index in [1.54, 1.807) is 6.92 Å². The highest BCUT2D eigenvalue weighted by Gasteiger charge is 2.09. The quantitative estimate of drug-likeness (QED) is 0.540. The molecule has 0 radical (unpaired) electrons. The van der Waals surface area contributed by atoms with Crippen LogP contribution in [0.25, 0.3) is 0 Å². The second-order valence-electron chi connectivity index (χ2n) is 1.96. The molecule has 4 nitrogen and oxygen atoms in total. The average Bonchev–Trinajstić information content (AvgIpc) is 2.09. The van der Waals surface area contributed by atoms with Crippen LogP contribution in [0.1, 0.15) is 6.92 Å². The normalized spacial score (nSPS) is 10.1. The molecular weight excluding hydrogens is 134 g/mol. The minimum absolute atomic E-state index is 0.127. The van der Waals surface area contributed by atoms with Crippen LogP contribution in [-0.2, 0) is 6.54 Å². The van der Waals surface area contributed by atoms with Crippen molar-refractivity contribution in [2.24, 2.45) is 0 Å². The molecule has 10 heavy (non-hydrogen) atoms. The van der Waals surface area contributed by atoms with Crippen molar-refractivity contribution < 1.29 is 15.3 Å². The van der Waals surface area contributed by atoms with Crippen LogP contribution in [0.3, 0.4) is 0 Å². The first-order valence-corrected chi connectivity index (χ1v) is 2.97. The van der Waals surface area contributed by atoms with Crippen molar-refractivity contribution in [3.05, 3.63) is 6.07 Å². The molecule has 1 aromatic heterocycles. The third-order valence-corrected chi connectivity index (χ3v) is 1.34. The van der Waals surface area contributed by atoms with E-state index in [2.05, 4.69) is 0 Å². The van der Waals surface area contributed by atoms with Crippen LogP contribution in [0, 0.1) is 0 Å². The van der Waals surface area contributed by atoms with Gasteiger partial charge in [-0.25, -0.2) is 0 Å². The van der Waals surface area contributed by atoms with Crippen LogP contribution >= 0.6 is 0 Å². The molecule has 0 amide bonds. The molecule has 0 unspecified atom stereocenters. The summed E-state index contributed by atoms with van der Waals surface area (Å²) in [7, 11) is 0. The highest BCUT2D eigenvalue weighted by atomic mass is 16.3. The fourth-order valence-electron chi connectivity index (χ4n) is 0.823. The van der Waals surface area contributed by atoms with E-state index in [1.165, 1.54) is 4.57 Å². The maximum atomic E-state index is 8.97. The van der Waals surface area contributed by atoms with Crippen LogP contribution in [0.2, 0.25) is 0 Å². The molecule has 0 aliphatic rings. The first-order chi connectivity index (χ1) is 4.66. The highest BCUT2D eigenvalue weighted by Crippen LogP contribution is 2.32. The van der Waals surface area contributed by atoms with Crippen molar-refractivity contribution in [1.82, 2.24) is 4.57 Å². The van der Waals surface area contributed by atoms with Gasteiger partial charge in [0.1, 0.15) is 0 Å². The lowest BCUT2D eigenvalue weighted by Gasteiger charge is -1.99. The summed E-state index contributed by atoms with van der Waals surface area (Å²) in [6.07, 6.45) is 0. The van der Waals surface area contributed by atoms with Crippen LogP contribution < -0.4 is 0 Å². The Balaban J connectivity index is 3.20. The monoisotopic (exact) mass is 143 g/mol. The van der Waals surface area contributed by atoms with E-state index in [4.69, 9.17) is 15.3 Å². The van der Waals surface area contributed by atoms with Crippen molar-refractivity contribution in [1.29, 1.82) is 0 Å². The molecule has 0 aromatic carbocycles. The molecule has 1 aromatic rings. The van der Waals surface area contributed by atoms with Crippen LogP contribution in [0.15, 0.2) is 6.07 Å². The van der Waals surface area contributed by atoms with Gasteiger partial charge in [-0.05, 0) is 6.92 Å². The maximum Gasteiger partial charge on any atom is 0.237 e.